The highest BCUT2D eigenvalue weighted by Crippen LogP contribution is 2.43. The van der Waals surface area contributed by atoms with E-state index in [0.29, 0.717) is 17.2 Å². The SMILES string of the molecule is CC(C)(C)c1cc(CN2CN(Cc3cc(C(C)(C)C)c(O)c(C(C)(C)C)c3)CN(Cc3cc(C(C)(C)C)c(O)c(C(C)(C)C)c3)C2)cc(C(C)(C)C)c1O. The van der Waals surface area contributed by atoms with Crippen molar-refractivity contribution in [1.82, 2.24) is 14.7 Å². The molecule has 1 fully saturated rings. The van der Waals surface area contributed by atoms with Gasteiger partial charge in [-0.15, -0.1) is 0 Å². The van der Waals surface area contributed by atoms with Crippen LogP contribution in [0.15, 0.2) is 36.4 Å². The van der Waals surface area contributed by atoms with Gasteiger partial charge in [0, 0.05) is 19.6 Å². The summed E-state index contributed by atoms with van der Waals surface area (Å²) in [4.78, 5) is 7.54. The first-order valence-corrected chi connectivity index (χ1v) is 20.0. The molecule has 0 unspecified atom stereocenters. The van der Waals surface area contributed by atoms with Crippen LogP contribution in [0.25, 0.3) is 0 Å². The standard InChI is InChI=1S/C48H75N3O3/c1-43(2,3)34-19-31(20-35(40(34)52)44(4,5)6)25-49-28-50(26-32-21-36(45(7,8)9)41(53)37(22-32)46(10,11)12)30-51(29-49)27-33-23-38(47(13,14)15)42(54)39(24-33)48(16,17)18/h19-24,52-54H,25-30H2,1-18H3. The lowest BCUT2D eigenvalue weighted by molar-refractivity contribution is -0.0423. The van der Waals surface area contributed by atoms with Gasteiger partial charge in [-0.1, -0.05) is 161 Å². The first-order chi connectivity index (χ1) is 24.3. The molecule has 0 aromatic heterocycles. The highest BCUT2D eigenvalue weighted by atomic mass is 16.3. The average Bonchev–Trinajstić information content (AvgIpc) is 2.96. The van der Waals surface area contributed by atoms with E-state index in [0.717, 1.165) is 73.0 Å². The lowest BCUT2D eigenvalue weighted by Gasteiger charge is -2.43. The van der Waals surface area contributed by atoms with Crippen molar-refractivity contribution in [2.45, 2.75) is 177 Å². The minimum absolute atomic E-state index is 0.206. The van der Waals surface area contributed by atoms with E-state index in [1.54, 1.807) is 0 Å². The zero-order chi connectivity index (χ0) is 41.1. The molecule has 0 atom stereocenters. The third-order valence-corrected chi connectivity index (χ3v) is 10.8. The Morgan fingerprint density at radius 3 is 0.611 bits per heavy atom. The fraction of sp³-hybridized carbons (Fsp3) is 0.625. The molecule has 6 nitrogen and oxygen atoms in total. The van der Waals surface area contributed by atoms with Gasteiger partial charge in [-0.05, 0) is 82.6 Å². The lowest BCUT2D eigenvalue weighted by Crippen LogP contribution is -2.53. The smallest absolute Gasteiger partial charge is 0.123 e. The number of rotatable bonds is 6. The highest BCUT2D eigenvalue weighted by Gasteiger charge is 2.32. The summed E-state index contributed by atoms with van der Waals surface area (Å²) in [5.74, 6) is 1.23. The van der Waals surface area contributed by atoms with Crippen LogP contribution in [0.1, 0.15) is 175 Å². The molecule has 1 aliphatic heterocycles. The summed E-state index contributed by atoms with van der Waals surface area (Å²) in [6.45, 7) is 43.7. The molecular formula is C48H75N3O3. The third-order valence-electron chi connectivity index (χ3n) is 10.8. The summed E-state index contributed by atoms with van der Waals surface area (Å²) >= 11 is 0. The predicted octanol–water partition coefficient (Wildman–Crippen LogP) is 11.3. The van der Waals surface area contributed by atoms with Crippen LogP contribution < -0.4 is 0 Å². The Morgan fingerprint density at radius 2 is 0.481 bits per heavy atom. The summed E-state index contributed by atoms with van der Waals surface area (Å²) in [5.41, 5.74) is 8.28. The van der Waals surface area contributed by atoms with Crippen LogP contribution in [0.5, 0.6) is 17.2 Å². The molecule has 3 N–H and O–H groups in total. The molecule has 4 rings (SSSR count). The molecule has 0 amide bonds. The van der Waals surface area contributed by atoms with Crippen molar-refractivity contribution in [3.8, 4) is 17.2 Å². The molecule has 54 heavy (non-hydrogen) atoms. The predicted molar refractivity (Wildman–Crippen MR) is 228 cm³/mol. The minimum Gasteiger partial charge on any atom is -0.507 e. The number of phenolic OH excluding ortho intramolecular Hbond substituents is 3. The van der Waals surface area contributed by atoms with Crippen LogP contribution in [0.3, 0.4) is 0 Å². The number of hydrogen-bond donors (Lipinski definition) is 3. The number of benzene rings is 3. The monoisotopic (exact) mass is 742 g/mol. The zero-order valence-corrected chi connectivity index (χ0v) is 37.4. The van der Waals surface area contributed by atoms with Crippen molar-refractivity contribution in [1.29, 1.82) is 0 Å². The minimum atomic E-state index is -0.206. The summed E-state index contributed by atoms with van der Waals surface area (Å²) in [6.07, 6.45) is 0. The first-order valence-electron chi connectivity index (χ1n) is 20.0. The molecule has 1 aliphatic rings. The topological polar surface area (TPSA) is 70.4 Å². The van der Waals surface area contributed by atoms with E-state index in [2.05, 4.69) is 176 Å². The van der Waals surface area contributed by atoms with E-state index in [9.17, 15) is 15.3 Å². The average molecular weight is 742 g/mol. The van der Waals surface area contributed by atoms with E-state index < -0.39 is 0 Å². The molecule has 0 saturated carbocycles. The maximum atomic E-state index is 11.5. The molecule has 6 heteroatoms. The molecule has 1 heterocycles. The summed E-state index contributed by atoms with van der Waals surface area (Å²) in [7, 11) is 0. The Labute approximate surface area is 329 Å². The molecule has 3 aromatic carbocycles. The van der Waals surface area contributed by atoms with Crippen LogP contribution in [0, 0.1) is 0 Å². The van der Waals surface area contributed by atoms with Gasteiger partial charge in [-0.2, -0.15) is 0 Å². The maximum absolute atomic E-state index is 11.5. The van der Waals surface area contributed by atoms with Gasteiger partial charge in [0.05, 0.1) is 20.0 Å². The Balaban J connectivity index is 1.82. The Morgan fingerprint density at radius 1 is 0.333 bits per heavy atom. The summed E-state index contributed by atoms with van der Waals surface area (Å²) in [6, 6.07) is 13.3. The number of aromatic hydroxyl groups is 3. The first kappa shape index (κ1) is 43.7. The second-order valence-corrected chi connectivity index (χ2v) is 22.5. The van der Waals surface area contributed by atoms with Crippen molar-refractivity contribution in [2.24, 2.45) is 0 Å². The van der Waals surface area contributed by atoms with Crippen molar-refractivity contribution in [2.75, 3.05) is 20.0 Å². The molecular weight excluding hydrogens is 667 g/mol. The molecule has 3 aromatic rings. The van der Waals surface area contributed by atoms with E-state index >= 15 is 0 Å². The van der Waals surface area contributed by atoms with Crippen LogP contribution in [0.4, 0.5) is 0 Å². The fourth-order valence-corrected chi connectivity index (χ4v) is 7.84. The zero-order valence-electron chi connectivity index (χ0n) is 37.4. The van der Waals surface area contributed by atoms with Gasteiger partial charge in [0.25, 0.3) is 0 Å². The molecule has 0 radical (unpaired) electrons. The van der Waals surface area contributed by atoms with Crippen LogP contribution >= 0.6 is 0 Å². The second kappa shape index (κ2) is 14.8. The number of phenols is 3. The molecule has 300 valence electrons. The maximum Gasteiger partial charge on any atom is 0.123 e. The van der Waals surface area contributed by atoms with E-state index in [1.165, 1.54) is 16.7 Å². The van der Waals surface area contributed by atoms with Gasteiger partial charge in [-0.3, -0.25) is 14.7 Å². The Kier molecular flexibility index (Phi) is 12.0. The molecule has 1 saturated heterocycles. The highest BCUT2D eigenvalue weighted by molar-refractivity contribution is 5.52. The Hall–Kier alpha value is -3.06. The summed E-state index contributed by atoms with van der Waals surface area (Å²) < 4.78 is 0. The van der Waals surface area contributed by atoms with Gasteiger partial charge < -0.3 is 15.3 Å². The van der Waals surface area contributed by atoms with Crippen molar-refractivity contribution in [3.63, 3.8) is 0 Å². The molecule has 0 spiro atoms. The third kappa shape index (κ3) is 10.2. The van der Waals surface area contributed by atoms with Crippen molar-refractivity contribution in [3.05, 3.63) is 86.5 Å². The molecule has 0 bridgehead atoms. The quantitative estimate of drug-likeness (QED) is 0.234. The van der Waals surface area contributed by atoms with Gasteiger partial charge in [0.15, 0.2) is 0 Å². The van der Waals surface area contributed by atoms with Crippen LogP contribution in [-0.4, -0.2) is 50.0 Å². The lowest BCUT2D eigenvalue weighted by atomic mass is 9.78. The van der Waals surface area contributed by atoms with E-state index in [-0.39, 0.29) is 32.5 Å². The largest absolute Gasteiger partial charge is 0.507 e. The van der Waals surface area contributed by atoms with Crippen LogP contribution in [0.2, 0.25) is 0 Å². The fourth-order valence-electron chi connectivity index (χ4n) is 7.84. The van der Waals surface area contributed by atoms with Gasteiger partial charge in [0.2, 0.25) is 0 Å². The van der Waals surface area contributed by atoms with Gasteiger partial charge in [-0.25, -0.2) is 0 Å². The van der Waals surface area contributed by atoms with E-state index in [4.69, 9.17) is 0 Å². The summed E-state index contributed by atoms with van der Waals surface area (Å²) in [5, 5.41) is 34.5. The molecule has 0 aliphatic carbocycles. The van der Waals surface area contributed by atoms with Crippen molar-refractivity contribution >= 4 is 0 Å². The van der Waals surface area contributed by atoms with Crippen LogP contribution in [-0.2, 0) is 52.1 Å². The number of hydrogen-bond acceptors (Lipinski definition) is 6. The van der Waals surface area contributed by atoms with Gasteiger partial charge in [0.1, 0.15) is 17.2 Å². The normalized spacial score (nSPS) is 16.3. The Bertz CT molecular complexity index is 1490. The van der Waals surface area contributed by atoms with Crippen molar-refractivity contribution < 1.29 is 15.3 Å². The van der Waals surface area contributed by atoms with Gasteiger partial charge >= 0.3 is 0 Å². The number of nitrogens with zero attached hydrogens (tertiary/aromatic N) is 3. The second-order valence-electron chi connectivity index (χ2n) is 22.5. The van der Waals surface area contributed by atoms with E-state index in [1.807, 2.05) is 0 Å².